The lowest BCUT2D eigenvalue weighted by Crippen LogP contribution is -2.33. The molecule has 1 aromatic heterocycles. The van der Waals surface area contributed by atoms with Crippen LogP contribution in [0.3, 0.4) is 0 Å². The Bertz CT molecular complexity index is 1260. The number of rotatable bonds is 7. The van der Waals surface area contributed by atoms with Gasteiger partial charge in [0.05, 0.1) is 25.2 Å². The average Bonchev–Trinajstić information content (AvgIpc) is 3.31. The van der Waals surface area contributed by atoms with Crippen LogP contribution >= 0.6 is 0 Å². The number of nitrogens with one attached hydrogen (secondary N) is 2. The summed E-state index contributed by atoms with van der Waals surface area (Å²) in [4.78, 5) is 21.1. The Morgan fingerprint density at radius 2 is 1.82 bits per heavy atom. The molecular formula is C23H24N4O5S. The number of ether oxygens (including phenoxy) is 1. The lowest BCUT2D eigenvalue weighted by atomic mass is 10.2. The van der Waals surface area contributed by atoms with Crippen LogP contribution in [0, 0.1) is 0 Å². The molecule has 1 amide bonds. The minimum atomic E-state index is -3.86. The molecule has 172 valence electrons. The van der Waals surface area contributed by atoms with Gasteiger partial charge in [-0.05, 0) is 43.2 Å². The molecule has 3 N–H and O–H groups in total. The maximum atomic E-state index is 12.9. The van der Waals surface area contributed by atoms with E-state index in [0.717, 1.165) is 25.7 Å². The maximum Gasteiger partial charge on any atom is 0.255 e. The summed E-state index contributed by atoms with van der Waals surface area (Å²) in [6, 6.07) is 10.7. The van der Waals surface area contributed by atoms with Crippen molar-refractivity contribution in [3.63, 3.8) is 0 Å². The molecule has 0 radical (unpaired) electrons. The molecule has 1 aliphatic carbocycles. The van der Waals surface area contributed by atoms with Crippen molar-refractivity contribution in [3.05, 3.63) is 60.4 Å². The van der Waals surface area contributed by atoms with Crippen LogP contribution in [0.2, 0.25) is 0 Å². The molecule has 0 aliphatic heterocycles. The number of methoxy groups -OCH3 is 1. The molecule has 1 fully saturated rings. The number of aromatic nitrogens is 2. The molecule has 0 spiro atoms. The van der Waals surface area contributed by atoms with E-state index in [1.54, 1.807) is 18.2 Å². The first-order valence-corrected chi connectivity index (χ1v) is 12.0. The van der Waals surface area contributed by atoms with Crippen molar-refractivity contribution >= 4 is 21.6 Å². The Hall–Kier alpha value is -3.50. The van der Waals surface area contributed by atoms with Crippen molar-refractivity contribution in [1.82, 2.24) is 14.7 Å². The summed E-state index contributed by atoms with van der Waals surface area (Å²) in [6.07, 6.45) is 6.43. The van der Waals surface area contributed by atoms with Gasteiger partial charge in [-0.15, -0.1) is 0 Å². The number of benzene rings is 2. The summed E-state index contributed by atoms with van der Waals surface area (Å²) >= 11 is 0. The second-order valence-electron chi connectivity index (χ2n) is 7.77. The first kappa shape index (κ1) is 22.7. The van der Waals surface area contributed by atoms with Crippen LogP contribution in [0.25, 0.3) is 11.4 Å². The molecule has 1 aliphatic rings. The number of anilines is 1. The van der Waals surface area contributed by atoms with Gasteiger partial charge in [0, 0.05) is 17.2 Å². The van der Waals surface area contributed by atoms with E-state index in [-0.39, 0.29) is 28.0 Å². The van der Waals surface area contributed by atoms with Gasteiger partial charge < -0.3 is 15.2 Å². The summed E-state index contributed by atoms with van der Waals surface area (Å²) in [5, 5.41) is 12.3. The number of amides is 1. The Labute approximate surface area is 191 Å². The molecule has 10 heteroatoms. The Morgan fingerprint density at radius 1 is 1.09 bits per heavy atom. The SMILES string of the molecule is COc1ccc(C(=O)Nc2cnc(-c3cccc(O)c3)nc2)cc1S(=O)(=O)NC1CCCC1. The molecule has 9 nitrogen and oxygen atoms in total. The molecule has 1 saturated carbocycles. The second-order valence-corrected chi connectivity index (χ2v) is 9.45. The predicted octanol–water partition coefficient (Wildman–Crippen LogP) is 3.33. The van der Waals surface area contributed by atoms with Gasteiger partial charge in [0.25, 0.3) is 5.91 Å². The van der Waals surface area contributed by atoms with Crippen molar-refractivity contribution < 1.29 is 23.1 Å². The van der Waals surface area contributed by atoms with Crippen LogP contribution in [0.1, 0.15) is 36.0 Å². The van der Waals surface area contributed by atoms with E-state index in [1.165, 1.54) is 43.8 Å². The lowest BCUT2D eigenvalue weighted by molar-refractivity contribution is 0.102. The van der Waals surface area contributed by atoms with Crippen molar-refractivity contribution in [3.8, 4) is 22.9 Å². The van der Waals surface area contributed by atoms with Crippen LogP contribution in [0.5, 0.6) is 11.5 Å². The highest BCUT2D eigenvalue weighted by Gasteiger charge is 2.26. The van der Waals surface area contributed by atoms with E-state index in [2.05, 4.69) is 20.0 Å². The van der Waals surface area contributed by atoms with Gasteiger partial charge in [-0.1, -0.05) is 25.0 Å². The maximum absolute atomic E-state index is 12.9. The second kappa shape index (κ2) is 9.55. The Balaban J connectivity index is 1.53. The highest BCUT2D eigenvalue weighted by atomic mass is 32.2. The van der Waals surface area contributed by atoms with Crippen molar-refractivity contribution in [2.24, 2.45) is 0 Å². The highest BCUT2D eigenvalue weighted by Crippen LogP contribution is 2.28. The quantitative estimate of drug-likeness (QED) is 0.485. The molecule has 33 heavy (non-hydrogen) atoms. The fraction of sp³-hybridized carbons (Fsp3) is 0.261. The summed E-state index contributed by atoms with van der Waals surface area (Å²) in [7, 11) is -2.47. The summed E-state index contributed by atoms with van der Waals surface area (Å²) in [5.74, 6) is 0.139. The number of phenols is 1. The van der Waals surface area contributed by atoms with Gasteiger partial charge in [0.15, 0.2) is 5.82 Å². The standard InChI is InChI=1S/C23H24N4O5S/c1-32-20-10-9-16(12-21(20)33(30,31)27-17-6-2-3-7-17)23(29)26-18-13-24-22(25-14-18)15-5-4-8-19(28)11-15/h4-5,8-14,17,27-28H,2-3,6-7H2,1H3,(H,26,29). The zero-order chi connectivity index (χ0) is 23.4. The van der Waals surface area contributed by atoms with Crippen LogP contribution < -0.4 is 14.8 Å². The minimum Gasteiger partial charge on any atom is -0.508 e. The van der Waals surface area contributed by atoms with Crippen molar-refractivity contribution in [2.75, 3.05) is 12.4 Å². The zero-order valence-corrected chi connectivity index (χ0v) is 18.8. The molecule has 3 aromatic rings. The average molecular weight is 469 g/mol. The van der Waals surface area contributed by atoms with Crippen LogP contribution in [-0.4, -0.2) is 42.6 Å². The van der Waals surface area contributed by atoms with Gasteiger partial charge >= 0.3 is 0 Å². The molecular weight excluding hydrogens is 444 g/mol. The molecule has 4 rings (SSSR count). The number of phenolic OH excluding ortho intramolecular Hbond substituents is 1. The van der Waals surface area contributed by atoms with Gasteiger partial charge in [-0.25, -0.2) is 23.1 Å². The summed E-state index contributed by atoms with van der Waals surface area (Å²) < 4.78 is 33.8. The van der Waals surface area contributed by atoms with Crippen molar-refractivity contribution in [2.45, 2.75) is 36.6 Å². The van der Waals surface area contributed by atoms with E-state index in [4.69, 9.17) is 4.74 Å². The Morgan fingerprint density at radius 3 is 2.48 bits per heavy atom. The van der Waals surface area contributed by atoms with Crippen LogP contribution in [0.15, 0.2) is 59.8 Å². The van der Waals surface area contributed by atoms with E-state index in [9.17, 15) is 18.3 Å². The largest absolute Gasteiger partial charge is 0.508 e. The summed E-state index contributed by atoms with van der Waals surface area (Å²) in [5.41, 5.74) is 1.13. The molecule has 0 unspecified atom stereocenters. The lowest BCUT2D eigenvalue weighted by Gasteiger charge is -2.15. The fourth-order valence-electron chi connectivity index (χ4n) is 3.74. The third-order valence-electron chi connectivity index (χ3n) is 5.41. The molecule has 1 heterocycles. The van der Waals surface area contributed by atoms with Crippen LogP contribution in [0.4, 0.5) is 5.69 Å². The third-order valence-corrected chi connectivity index (χ3v) is 6.95. The van der Waals surface area contributed by atoms with E-state index < -0.39 is 15.9 Å². The third kappa shape index (κ3) is 5.29. The molecule has 0 saturated heterocycles. The molecule has 2 aromatic carbocycles. The van der Waals surface area contributed by atoms with Gasteiger partial charge in [0.2, 0.25) is 10.0 Å². The first-order chi connectivity index (χ1) is 15.9. The number of sulfonamides is 1. The zero-order valence-electron chi connectivity index (χ0n) is 18.0. The number of hydrogen-bond acceptors (Lipinski definition) is 7. The smallest absolute Gasteiger partial charge is 0.255 e. The van der Waals surface area contributed by atoms with Gasteiger partial charge in [-0.2, -0.15) is 0 Å². The monoisotopic (exact) mass is 468 g/mol. The number of hydrogen-bond donors (Lipinski definition) is 3. The Kier molecular flexibility index (Phi) is 6.57. The minimum absolute atomic E-state index is 0.0833. The first-order valence-electron chi connectivity index (χ1n) is 10.5. The highest BCUT2D eigenvalue weighted by molar-refractivity contribution is 7.89. The summed E-state index contributed by atoms with van der Waals surface area (Å²) in [6.45, 7) is 0. The van der Waals surface area contributed by atoms with Crippen LogP contribution in [-0.2, 0) is 10.0 Å². The van der Waals surface area contributed by atoms with Gasteiger partial charge in [-0.3, -0.25) is 4.79 Å². The topological polar surface area (TPSA) is 131 Å². The normalized spacial score (nSPS) is 14.2. The number of aromatic hydroxyl groups is 1. The predicted molar refractivity (Wildman–Crippen MR) is 123 cm³/mol. The van der Waals surface area contributed by atoms with E-state index in [1.807, 2.05) is 0 Å². The molecule has 0 bridgehead atoms. The fourth-order valence-corrected chi connectivity index (χ4v) is 5.24. The van der Waals surface area contributed by atoms with E-state index in [0.29, 0.717) is 17.1 Å². The number of nitrogens with zero attached hydrogens (tertiary/aromatic N) is 2. The van der Waals surface area contributed by atoms with Gasteiger partial charge in [0.1, 0.15) is 16.4 Å². The van der Waals surface area contributed by atoms with E-state index >= 15 is 0 Å². The number of carbonyl (C=O) groups is 1. The van der Waals surface area contributed by atoms with Crippen molar-refractivity contribution in [1.29, 1.82) is 0 Å². The number of carbonyl (C=O) groups excluding carboxylic acids is 1. The molecule has 0 atom stereocenters.